The van der Waals surface area contributed by atoms with E-state index in [9.17, 15) is 18.0 Å². The Hall–Kier alpha value is -1.89. The number of aromatic nitrogens is 1. The first-order chi connectivity index (χ1) is 11.1. The van der Waals surface area contributed by atoms with E-state index in [-0.39, 0.29) is 17.9 Å². The number of amides is 1. The summed E-state index contributed by atoms with van der Waals surface area (Å²) in [6, 6.07) is 4.86. The third-order valence-electron chi connectivity index (χ3n) is 3.71. The van der Waals surface area contributed by atoms with Crippen molar-refractivity contribution in [2.24, 2.45) is 0 Å². The molecular formula is C17H19F3N2OS. The van der Waals surface area contributed by atoms with Gasteiger partial charge in [-0.3, -0.25) is 4.79 Å². The van der Waals surface area contributed by atoms with Gasteiger partial charge in [-0.25, -0.2) is 4.98 Å². The van der Waals surface area contributed by atoms with Crippen molar-refractivity contribution < 1.29 is 18.0 Å². The lowest BCUT2D eigenvalue weighted by molar-refractivity contribution is -0.137. The molecule has 0 saturated heterocycles. The van der Waals surface area contributed by atoms with E-state index in [0.29, 0.717) is 16.3 Å². The van der Waals surface area contributed by atoms with Gasteiger partial charge < -0.3 is 5.32 Å². The van der Waals surface area contributed by atoms with Gasteiger partial charge in [0.2, 0.25) is 5.91 Å². The molecule has 130 valence electrons. The van der Waals surface area contributed by atoms with Crippen LogP contribution in [0.5, 0.6) is 0 Å². The average molecular weight is 356 g/mol. The fourth-order valence-electron chi connectivity index (χ4n) is 2.00. The summed E-state index contributed by atoms with van der Waals surface area (Å²) < 4.78 is 37.7. The van der Waals surface area contributed by atoms with E-state index in [0.717, 1.165) is 18.6 Å². The van der Waals surface area contributed by atoms with E-state index >= 15 is 0 Å². The number of alkyl halides is 3. The fraction of sp³-hybridized carbons (Fsp3) is 0.412. The molecule has 1 aromatic heterocycles. The van der Waals surface area contributed by atoms with E-state index in [1.54, 1.807) is 5.38 Å². The number of benzene rings is 1. The van der Waals surface area contributed by atoms with Crippen LogP contribution in [0.3, 0.4) is 0 Å². The highest BCUT2D eigenvalue weighted by Gasteiger charge is 2.30. The Balaban J connectivity index is 2.07. The van der Waals surface area contributed by atoms with Crippen molar-refractivity contribution >= 4 is 17.2 Å². The van der Waals surface area contributed by atoms with Gasteiger partial charge in [-0.05, 0) is 32.4 Å². The van der Waals surface area contributed by atoms with Crippen LogP contribution in [0.2, 0.25) is 0 Å². The normalized spacial score (nSPS) is 12.2. The third kappa shape index (κ3) is 4.80. The van der Waals surface area contributed by atoms with Crippen molar-refractivity contribution in [3.05, 3.63) is 40.9 Å². The molecule has 0 radical (unpaired) electrons. The Morgan fingerprint density at radius 1 is 1.21 bits per heavy atom. The minimum absolute atomic E-state index is 0.119. The predicted octanol–water partition coefficient (Wildman–Crippen LogP) is 4.68. The molecule has 2 rings (SSSR count). The number of nitrogens with zero attached hydrogens (tertiary/aromatic N) is 1. The van der Waals surface area contributed by atoms with Crippen molar-refractivity contribution in [2.45, 2.75) is 45.3 Å². The lowest BCUT2D eigenvalue weighted by Gasteiger charge is -2.24. The molecule has 1 N–H and O–H groups in total. The molecule has 0 unspecified atom stereocenters. The van der Waals surface area contributed by atoms with Gasteiger partial charge in [0, 0.05) is 16.5 Å². The van der Waals surface area contributed by atoms with Crippen LogP contribution in [-0.4, -0.2) is 16.4 Å². The van der Waals surface area contributed by atoms with Crippen LogP contribution >= 0.6 is 11.3 Å². The summed E-state index contributed by atoms with van der Waals surface area (Å²) >= 11 is 1.31. The zero-order valence-electron chi connectivity index (χ0n) is 13.7. The molecule has 1 aromatic carbocycles. The summed E-state index contributed by atoms with van der Waals surface area (Å²) in [5.41, 5.74) is 0.251. The van der Waals surface area contributed by atoms with E-state index < -0.39 is 11.7 Å². The number of thiazole rings is 1. The quantitative estimate of drug-likeness (QED) is 0.845. The first-order valence-corrected chi connectivity index (χ1v) is 8.42. The fourth-order valence-corrected chi connectivity index (χ4v) is 2.82. The molecule has 0 aliphatic rings. The number of halogens is 3. The predicted molar refractivity (Wildman–Crippen MR) is 88.8 cm³/mol. The molecule has 1 amide bonds. The van der Waals surface area contributed by atoms with Crippen molar-refractivity contribution in [3.8, 4) is 10.6 Å². The van der Waals surface area contributed by atoms with Crippen LogP contribution in [0.1, 0.15) is 38.4 Å². The van der Waals surface area contributed by atoms with Crippen molar-refractivity contribution in [1.29, 1.82) is 0 Å². The Morgan fingerprint density at radius 3 is 2.38 bits per heavy atom. The van der Waals surface area contributed by atoms with Gasteiger partial charge in [0.1, 0.15) is 5.01 Å². The molecule has 24 heavy (non-hydrogen) atoms. The maximum Gasteiger partial charge on any atom is 0.416 e. The highest BCUT2D eigenvalue weighted by molar-refractivity contribution is 7.13. The lowest BCUT2D eigenvalue weighted by Crippen LogP contribution is -2.43. The Labute approximate surface area is 142 Å². The van der Waals surface area contributed by atoms with Gasteiger partial charge in [-0.15, -0.1) is 11.3 Å². The second-order valence-electron chi connectivity index (χ2n) is 6.18. The maximum atomic E-state index is 12.6. The Kier molecular flexibility index (Phi) is 5.32. The van der Waals surface area contributed by atoms with Gasteiger partial charge in [0.15, 0.2) is 0 Å². The van der Waals surface area contributed by atoms with Crippen LogP contribution in [0.15, 0.2) is 29.6 Å². The van der Waals surface area contributed by atoms with E-state index in [4.69, 9.17) is 0 Å². The summed E-state index contributed by atoms with van der Waals surface area (Å²) in [7, 11) is 0. The van der Waals surface area contributed by atoms with Gasteiger partial charge >= 0.3 is 6.18 Å². The van der Waals surface area contributed by atoms with Crippen LogP contribution in [-0.2, 0) is 17.4 Å². The first kappa shape index (κ1) is 18.4. The molecule has 2 aromatic rings. The Bertz CT molecular complexity index is 705. The largest absolute Gasteiger partial charge is 0.416 e. The zero-order chi connectivity index (χ0) is 18.0. The molecule has 0 bridgehead atoms. The minimum atomic E-state index is -4.35. The molecule has 0 fully saturated rings. The standard InChI is InChI=1S/C17H19F3N2OS/c1-4-16(2,3)22-14(23)9-13-10-24-15(21-13)11-5-7-12(8-6-11)17(18,19)20/h5-8,10H,4,9H2,1-3H3,(H,22,23). The lowest BCUT2D eigenvalue weighted by atomic mass is 10.0. The first-order valence-electron chi connectivity index (χ1n) is 7.54. The van der Waals surface area contributed by atoms with Gasteiger partial charge in [0.05, 0.1) is 17.7 Å². The van der Waals surface area contributed by atoms with Gasteiger partial charge in [-0.1, -0.05) is 19.1 Å². The SMILES string of the molecule is CCC(C)(C)NC(=O)Cc1csc(-c2ccc(C(F)(F)F)cc2)n1. The van der Waals surface area contributed by atoms with Crippen LogP contribution < -0.4 is 5.32 Å². The van der Waals surface area contributed by atoms with Crippen LogP contribution in [0.4, 0.5) is 13.2 Å². The number of nitrogens with one attached hydrogen (secondary N) is 1. The van der Waals surface area contributed by atoms with Crippen molar-refractivity contribution in [1.82, 2.24) is 10.3 Å². The summed E-state index contributed by atoms with van der Waals surface area (Å²) in [5, 5.41) is 5.28. The van der Waals surface area contributed by atoms with E-state index in [1.807, 2.05) is 20.8 Å². The number of hydrogen-bond acceptors (Lipinski definition) is 3. The number of carbonyl (C=O) groups excluding carboxylic acids is 1. The van der Waals surface area contributed by atoms with E-state index in [1.165, 1.54) is 23.5 Å². The molecule has 0 saturated carbocycles. The summed E-state index contributed by atoms with van der Waals surface area (Å²) in [4.78, 5) is 16.4. The molecule has 7 heteroatoms. The molecule has 0 spiro atoms. The monoisotopic (exact) mass is 356 g/mol. The molecule has 3 nitrogen and oxygen atoms in total. The van der Waals surface area contributed by atoms with Crippen LogP contribution in [0.25, 0.3) is 10.6 Å². The topological polar surface area (TPSA) is 42.0 Å². The highest BCUT2D eigenvalue weighted by Crippen LogP contribution is 2.31. The van der Waals surface area contributed by atoms with Gasteiger partial charge in [-0.2, -0.15) is 13.2 Å². The molecular weight excluding hydrogens is 337 g/mol. The molecule has 0 aliphatic heterocycles. The number of hydrogen-bond donors (Lipinski definition) is 1. The van der Waals surface area contributed by atoms with Crippen molar-refractivity contribution in [3.63, 3.8) is 0 Å². The highest BCUT2D eigenvalue weighted by atomic mass is 32.1. The molecule has 1 heterocycles. The molecule has 0 atom stereocenters. The second kappa shape index (κ2) is 6.93. The number of rotatable bonds is 5. The second-order valence-corrected chi connectivity index (χ2v) is 7.04. The van der Waals surface area contributed by atoms with Gasteiger partial charge in [0.25, 0.3) is 0 Å². The number of carbonyl (C=O) groups is 1. The maximum absolute atomic E-state index is 12.6. The summed E-state index contributed by atoms with van der Waals surface area (Å²) in [5.74, 6) is -0.119. The Morgan fingerprint density at radius 2 is 1.83 bits per heavy atom. The summed E-state index contributed by atoms with van der Waals surface area (Å²) in [6.45, 7) is 5.88. The minimum Gasteiger partial charge on any atom is -0.351 e. The smallest absolute Gasteiger partial charge is 0.351 e. The summed E-state index contributed by atoms with van der Waals surface area (Å²) in [6.07, 6.45) is -3.39. The molecule has 0 aliphatic carbocycles. The third-order valence-corrected chi connectivity index (χ3v) is 4.65. The van der Waals surface area contributed by atoms with E-state index in [2.05, 4.69) is 10.3 Å². The van der Waals surface area contributed by atoms with Crippen molar-refractivity contribution in [2.75, 3.05) is 0 Å². The average Bonchev–Trinajstić information content (AvgIpc) is 2.94. The van der Waals surface area contributed by atoms with Crippen LogP contribution in [0, 0.1) is 0 Å². The zero-order valence-corrected chi connectivity index (χ0v) is 14.5.